The molecule has 0 aromatic carbocycles. The molecule has 4 aromatic heterocycles. The van der Waals surface area contributed by atoms with Crippen molar-refractivity contribution in [2.24, 2.45) is 10.9 Å². The van der Waals surface area contributed by atoms with Crippen molar-refractivity contribution in [3.05, 3.63) is 76.0 Å². The van der Waals surface area contributed by atoms with E-state index in [4.69, 9.17) is 9.15 Å². The Balaban J connectivity index is 2.13. The molecule has 4 heterocycles. The highest BCUT2D eigenvalue weighted by atomic mass is 16.5. The topological polar surface area (TPSA) is 108 Å². The van der Waals surface area contributed by atoms with E-state index in [2.05, 4.69) is 9.98 Å². The number of pyridine rings is 2. The highest BCUT2D eigenvalue weighted by Gasteiger charge is 2.20. The SMILES string of the molecule is CCOC(=O)c1cc2c(=O)n3ccccc3nc2n(Cc2ccco2)c1=NC(=O)CC(C)C. The maximum Gasteiger partial charge on any atom is 0.341 e. The van der Waals surface area contributed by atoms with Crippen LogP contribution in [0.1, 0.15) is 43.3 Å². The van der Waals surface area contributed by atoms with Crippen LogP contribution < -0.4 is 11.0 Å². The summed E-state index contributed by atoms with van der Waals surface area (Å²) in [5, 5.41) is 0.198. The minimum atomic E-state index is -0.679. The van der Waals surface area contributed by atoms with Crippen LogP contribution in [0.3, 0.4) is 0 Å². The minimum Gasteiger partial charge on any atom is -0.467 e. The van der Waals surface area contributed by atoms with Crippen LogP contribution in [0.2, 0.25) is 0 Å². The summed E-state index contributed by atoms with van der Waals surface area (Å²) < 4.78 is 13.7. The summed E-state index contributed by atoms with van der Waals surface area (Å²) in [4.78, 5) is 47.8. The average molecular weight is 448 g/mol. The number of rotatable bonds is 6. The fraction of sp³-hybridized carbons (Fsp3) is 0.292. The predicted molar refractivity (Wildman–Crippen MR) is 121 cm³/mol. The van der Waals surface area contributed by atoms with Crippen LogP contribution >= 0.6 is 0 Å². The smallest absolute Gasteiger partial charge is 0.341 e. The number of carbonyl (C=O) groups is 2. The molecule has 0 unspecified atom stereocenters. The summed E-state index contributed by atoms with van der Waals surface area (Å²) in [5.74, 6) is -0.440. The maximum absolute atomic E-state index is 13.3. The third kappa shape index (κ3) is 4.48. The van der Waals surface area contributed by atoms with Gasteiger partial charge in [-0.2, -0.15) is 4.99 Å². The molecule has 170 valence electrons. The lowest BCUT2D eigenvalue weighted by Crippen LogP contribution is -2.33. The van der Waals surface area contributed by atoms with E-state index in [0.717, 1.165) is 0 Å². The van der Waals surface area contributed by atoms with Gasteiger partial charge in [0.05, 0.1) is 24.8 Å². The number of nitrogens with zero attached hydrogens (tertiary/aromatic N) is 4. The molecule has 4 rings (SSSR count). The number of hydrogen-bond acceptors (Lipinski definition) is 6. The summed E-state index contributed by atoms with van der Waals surface area (Å²) in [6, 6.07) is 10.1. The fourth-order valence-electron chi connectivity index (χ4n) is 3.58. The second kappa shape index (κ2) is 9.23. The molecule has 0 aliphatic heterocycles. The summed E-state index contributed by atoms with van der Waals surface area (Å²) in [5.41, 5.74) is 0.450. The zero-order chi connectivity index (χ0) is 23.5. The molecule has 0 radical (unpaired) electrons. The van der Waals surface area contributed by atoms with Gasteiger partial charge < -0.3 is 13.7 Å². The lowest BCUT2D eigenvalue weighted by Gasteiger charge is -2.14. The summed E-state index contributed by atoms with van der Waals surface area (Å²) in [6.45, 7) is 5.74. The van der Waals surface area contributed by atoms with Gasteiger partial charge in [-0.25, -0.2) is 9.78 Å². The predicted octanol–water partition coefficient (Wildman–Crippen LogP) is 2.94. The van der Waals surface area contributed by atoms with Crippen LogP contribution in [0.4, 0.5) is 0 Å². The molecule has 9 nitrogen and oxygen atoms in total. The first-order valence-electron chi connectivity index (χ1n) is 10.7. The van der Waals surface area contributed by atoms with Gasteiger partial charge in [-0.3, -0.25) is 14.0 Å². The molecule has 1 amide bonds. The largest absolute Gasteiger partial charge is 0.467 e. The first kappa shape index (κ1) is 22.2. The zero-order valence-electron chi connectivity index (χ0n) is 18.6. The molecule has 0 N–H and O–H groups in total. The molecule has 0 aliphatic rings. The van der Waals surface area contributed by atoms with E-state index in [1.165, 1.54) is 16.7 Å². The van der Waals surface area contributed by atoms with E-state index in [1.807, 2.05) is 13.8 Å². The third-order valence-corrected chi connectivity index (χ3v) is 4.99. The first-order valence-corrected chi connectivity index (χ1v) is 10.7. The van der Waals surface area contributed by atoms with Gasteiger partial charge in [0.15, 0.2) is 5.49 Å². The second-order valence-electron chi connectivity index (χ2n) is 7.95. The molecule has 0 fully saturated rings. The van der Waals surface area contributed by atoms with Gasteiger partial charge in [0.2, 0.25) is 5.91 Å². The number of hydrogen-bond donors (Lipinski definition) is 0. The van der Waals surface area contributed by atoms with Crippen molar-refractivity contribution in [3.63, 3.8) is 0 Å². The van der Waals surface area contributed by atoms with Gasteiger partial charge in [-0.15, -0.1) is 0 Å². The molecular formula is C24H24N4O5. The normalized spacial score (nSPS) is 12.1. The number of fused-ring (bicyclic) bond motifs is 2. The zero-order valence-corrected chi connectivity index (χ0v) is 18.6. The van der Waals surface area contributed by atoms with E-state index in [1.54, 1.807) is 48.0 Å². The van der Waals surface area contributed by atoms with Crippen LogP contribution in [0.25, 0.3) is 16.7 Å². The van der Waals surface area contributed by atoms with Gasteiger partial charge in [-0.1, -0.05) is 19.9 Å². The average Bonchev–Trinajstić information content (AvgIpc) is 3.28. The van der Waals surface area contributed by atoms with Gasteiger partial charge in [-0.05, 0) is 43.2 Å². The molecule has 0 saturated carbocycles. The monoisotopic (exact) mass is 448 g/mol. The Morgan fingerprint density at radius 3 is 2.73 bits per heavy atom. The Labute approximate surface area is 189 Å². The molecule has 0 aliphatic carbocycles. The lowest BCUT2D eigenvalue weighted by molar-refractivity contribution is -0.118. The summed E-state index contributed by atoms with van der Waals surface area (Å²) in [6.07, 6.45) is 3.33. The van der Waals surface area contributed by atoms with E-state index >= 15 is 0 Å². The molecule has 9 heteroatoms. The second-order valence-corrected chi connectivity index (χ2v) is 7.95. The van der Waals surface area contributed by atoms with Crippen molar-refractivity contribution in [1.29, 1.82) is 0 Å². The number of aromatic nitrogens is 3. The molecule has 0 spiro atoms. The Hall–Kier alpha value is -4.01. The number of ether oxygens (including phenoxy) is 1. The van der Waals surface area contributed by atoms with E-state index in [9.17, 15) is 14.4 Å². The van der Waals surface area contributed by atoms with Crippen LogP contribution in [0.15, 0.2) is 63.1 Å². The molecule has 33 heavy (non-hydrogen) atoms. The third-order valence-electron chi connectivity index (χ3n) is 4.99. The Morgan fingerprint density at radius 1 is 1.21 bits per heavy atom. The van der Waals surface area contributed by atoms with Crippen LogP contribution in [-0.2, 0) is 16.1 Å². The first-order chi connectivity index (χ1) is 15.9. The van der Waals surface area contributed by atoms with Crippen LogP contribution in [0.5, 0.6) is 0 Å². The number of carbonyl (C=O) groups excluding carboxylic acids is 2. The lowest BCUT2D eigenvalue weighted by atomic mass is 10.1. The van der Waals surface area contributed by atoms with Gasteiger partial charge in [0.25, 0.3) is 5.56 Å². The number of amides is 1. The van der Waals surface area contributed by atoms with E-state index < -0.39 is 5.97 Å². The Morgan fingerprint density at radius 2 is 2.03 bits per heavy atom. The maximum atomic E-state index is 13.3. The summed E-state index contributed by atoms with van der Waals surface area (Å²) in [7, 11) is 0. The molecule has 0 atom stereocenters. The van der Waals surface area contributed by atoms with Crippen LogP contribution in [0, 0.1) is 5.92 Å². The van der Waals surface area contributed by atoms with Crippen molar-refractivity contribution in [3.8, 4) is 0 Å². The van der Waals surface area contributed by atoms with Gasteiger partial charge >= 0.3 is 5.97 Å². The fourth-order valence-corrected chi connectivity index (χ4v) is 3.58. The van der Waals surface area contributed by atoms with Crippen molar-refractivity contribution < 1.29 is 18.7 Å². The minimum absolute atomic E-state index is 0.0165. The molecule has 0 saturated heterocycles. The van der Waals surface area contributed by atoms with Crippen molar-refractivity contribution in [2.45, 2.75) is 33.7 Å². The number of esters is 1. The standard InChI is InChI=1S/C24H24N4O5/c1-4-32-24(31)18-13-17-21(25-19-9-5-6-10-27(19)23(17)30)28(14-16-8-7-11-33-16)22(18)26-20(29)12-15(2)3/h5-11,13,15H,4,12,14H2,1-3H3. The van der Waals surface area contributed by atoms with Gasteiger partial charge in [0, 0.05) is 12.6 Å². The van der Waals surface area contributed by atoms with Crippen molar-refractivity contribution >= 4 is 28.6 Å². The highest BCUT2D eigenvalue weighted by Crippen LogP contribution is 2.14. The van der Waals surface area contributed by atoms with E-state index in [-0.39, 0.29) is 59.0 Å². The van der Waals surface area contributed by atoms with Crippen molar-refractivity contribution in [2.75, 3.05) is 6.61 Å². The Bertz CT molecular complexity index is 1460. The van der Waals surface area contributed by atoms with E-state index in [0.29, 0.717) is 11.4 Å². The quantitative estimate of drug-likeness (QED) is 0.331. The number of furan rings is 1. The molecule has 0 bridgehead atoms. The van der Waals surface area contributed by atoms with Crippen molar-refractivity contribution in [1.82, 2.24) is 14.0 Å². The summed E-state index contributed by atoms with van der Waals surface area (Å²) >= 11 is 0. The molecular weight excluding hydrogens is 424 g/mol. The Kier molecular flexibility index (Phi) is 6.21. The molecule has 4 aromatic rings. The van der Waals surface area contributed by atoms with Crippen LogP contribution in [-0.4, -0.2) is 32.4 Å². The highest BCUT2D eigenvalue weighted by molar-refractivity contribution is 5.93. The van der Waals surface area contributed by atoms with Gasteiger partial charge in [0.1, 0.15) is 22.6 Å².